The first-order chi connectivity index (χ1) is 8.13. The Bertz CT molecular complexity index is 839. The van der Waals surface area contributed by atoms with E-state index in [4.69, 9.17) is 8.83 Å². The molecule has 2 heterocycles. The Kier molecular flexibility index (Phi) is 1.92. The lowest BCUT2D eigenvalue weighted by Crippen LogP contribution is -2.01. The van der Waals surface area contributed by atoms with Crippen LogP contribution in [0.1, 0.15) is 5.76 Å². The van der Waals surface area contributed by atoms with Crippen LogP contribution in [-0.4, -0.2) is 0 Å². The molecule has 0 aliphatic rings. The molecular formula is C13H7O4. The predicted molar refractivity (Wildman–Crippen MR) is 62.1 cm³/mol. The first kappa shape index (κ1) is 9.84. The van der Waals surface area contributed by atoms with E-state index in [1.165, 1.54) is 18.2 Å². The van der Waals surface area contributed by atoms with Crippen molar-refractivity contribution >= 4 is 21.9 Å². The number of aryl methyl sites for hydroxylation is 1. The molecule has 83 valence electrons. The second-order valence-corrected chi connectivity index (χ2v) is 3.76. The summed E-state index contributed by atoms with van der Waals surface area (Å²) in [5, 5.41) is 0.935. The van der Waals surface area contributed by atoms with Crippen molar-refractivity contribution in [2.24, 2.45) is 0 Å². The SMILES string of the molecule is Cc1cc(=O)c2[c]c3ccc(=O)oc3cc2o1. The van der Waals surface area contributed by atoms with Crippen LogP contribution in [0.25, 0.3) is 21.9 Å². The third-order valence-electron chi connectivity index (χ3n) is 2.48. The molecule has 0 aliphatic heterocycles. The highest BCUT2D eigenvalue weighted by molar-refractivity contribution is 5.91. The number of fused-ring (bicyclic) bond motifs is 2. The molecular weight excluding hydrogens is 220 g/mol. The van der Waals surface area contributed by atoms with Crippen LogP contribution < -0.4 is 11.1 Å². The Balaban J connectivity index is 2.56. The lowest BCUT2D eigenvalue weighted by atomic mass is 10.1. The first-order valence-corrected chi connectivity index (χ1v) is 5.04. The van der Waals surface area contributed by atoms with Gasteiger partial charge in [-0.05, 0) is 13.0 Å². The summed E-state index contributed by atoms with van der Waals surface area (Å²) in [7, 11) is 0. The van der Waals surface area contributed by atoms with Crippen molar-refractivity contribution in [2.75, 3.05) is 0 Å². The Morgan fingerprint density at radius 3 is 2.71 bits per heavy atom. The minimum atomic E-state index is -0.444. The molecule has 1 aromatic carbocycles. The minimum Gasteiger partial charge on any atom is -0.461 e. The Hall–Kier alpha value is -2.36. The third-order valence-corrected chi connectivity index (χ3v) is 2.48. The van der Waals surface area contributed by atoms with Gasteiger partial charge in [0.25, 0.3) is 0 Å². The average molecular weight is 227 g/mol. The summed E-state index contributed by atoms with van der Waals surface area (Å²) in [4.78, 5) is 22.8. The van der Waals surface area contributed by atoms with Gasteiger partial charge in [0.2, 0.25) is 0 Å². The van der Waals surface area contributed by atoms with E-state index >= 15 is 0 Å². The maximum absolute atomic E-state index is 11.7. The van der Waals surface area contributed by atoms with Crippen molar-refractivity contribution in [3.63, 3.8) is 0 Å². The first-order valence-electron chi connectivity index (χ1n) is 5.04. The van der Waals surface area contributed by atoms with E-state index in [-0.39, 0.29) is 5.43 Å². The Labute approximate surface area is 95.1 Å². The summed E-state index contributed by atoms with van der Waals surface area (Å²) in [6.45, 7) is 1.69. The van der Waals surface area contributed by atoms with Crippen molar-refractivity contribution in [1.82, 2.24) is 0 Å². The Morgan fingerprint density at radius 1 is 1.06 bits per heavy atom. The van der Waals surface area contributed by atoms with Gasteiger partial charge >= 0.3 is 5.63 Å². The zero-order valence-corrected chi connectivity index (χ0v) is 8.94. The fourth-order valence-corrected chi connectivity index (χ4v) is 1.75. The van der Waals surface area contributed by atoms with Crippen molar-refractivity contribution in [2.45, 2.75) is 6.92 Å². The zero-order valence-electron chi connectivity index (χ0n) is 8.94. The predicted octanol–water partition coefficient (Wildman–Crippen LogP) is 2.01. The van der Waals surface area contributed by atoms with Crippen LogP contribution in [0, 0.1) is 13.0 Å². The molecule has 17 heavy (non-hydrogen) atoms. The van der Waals surface area contributed by atoms with Crippen LogP contribution in [-0.2, 0) is 0 Å². The quantitative estimate of drug-likeness (QED) is 0.435. The van der Waals surface area contributed by atoms with Gasteiger partial charge in [-0.15, -0.1) is 0 Å². The molecule has 0 fully saturated rings. The lowest BCUT2D eigenvalue weighted by Gasteiger charge is -2.00. The monoisotopic (exact) mass is 227 g/mol. The van der Waals surface area contributed by atoms with Gasteiger partial charge in [-0.25, -0.2) is 4.79 Å². The third kappa shape index (κ3) is 1.54. The molecule has 1 radical (unpaired) electrons. The molecule has 0 aliphatic carbocycles. The van der Waals surface area contributed by atoms with Crippen LogP contribution in [0.2, 0.25) is 0 Å². The fraction of sp³-hybridized carbons (Fsp3) is 0.0769. The maximum Gasteiger partial charge on any atom is 0.336 e. The van der Waals surface area contributed by atoms with E-state index < -0.39 is 5.63 Å². The summed E-state index contributed by atoms with van der Waals surface area (Å²) < 4.78 is 10.4. The van der Waals surface area contributed by atoms with E-state index in [1.807, 2.05) is 0 Å². The van der Waals surface area contributed by atoms with Gasteiger partial charge in [0.15, 0.2) is 5.43 Å². The highest BCUT2D eigenvalue weighted by Gasteiger charge is 2.06. The minimum absolute atomic E-state index is 0.156. The molecule has 0 atom stereocenters. The molecule has 2 aromatic heterocycles. The summed E-state index contributed by atoms with van der Waals surface area (Å²) in [5.74, 6) is 0.508. The highest BCUT2D eigenvalue weighted by atomic mass is 16.4. The standard InChI is InChI=1S/C13H7O4/c1-7-4-10(14)9-5-8-2-3-13(15)17-11(8)6-12(9)16-7/h2-4,6H,1H3. The molecule has 0 unspecified atom stereocenters. The summed E-state index contributed by atoms with van der Waals surface area (Å²) in [6, 6.07) is 8.70. The van der Waals surface area contributed by atoms with Crippen molar-refractivity contribution < 1.29 is 8.83 Å². The van der Waals surface area contributed by atoms with E-state index in [2.05, 4.69) is 6.07 Å². The molecule has 0 saturated carbocycles. The van der Waals surface area contributed by atoms with Gasteiger partial charge in [-0.2, -0.15) is 0 Å². The normalized spacial score (nSPS) is 11.1. The van der Waals surface area contributed by atoms with E-state index in [0.29, 0.717) is 27.7 Å². The number of hydrogen-bond acceptors (Lipinski definition) is 4. The second-order valence-electron chi connectivity index (χ2n) is 3.76. The molecule has 4 nitrogen and oxygen atoms in total. The summed E-state index contributed by atoms with van der Waals surface area (Å²) in [5.41, 5.74) is 0.132. The second kappa shape index (κ2) is 3.31. The maximum atomic E-state index is 11.7. The Morgan fingerprint density at radius 2 is 1.88 bits per heavy atom. The lowest BCUT2D eigenvalue weighted by molar-refractivity contribution is 0.551. The average Bonchev–Trinajstić information content (AvgIpc) is 2.26. The molecule has 0 spiro atoms. The van der Waals surface area contributed by atoms with Gasteiger partial charge in [-0.3, -0.25) is 4.79 Å². The molecule has 0 amide bonds. The molecule has 0 N–H and O–H groups in total. The van der Waals surface area contributed by atoms with Crippen molar-refractivity contribution in [3.05, 3.63) is 56.7 Å². The molecule has 0 bridgehead atoms. The van der Waals surface area contributed by atoms with Gasteiger partial charge in [0.1, 0.15) is 16.9 Å². The van der Waals surface area contributed by atoms with Crippen molar-refractivity contribution in [3.8, 4) is 0 Å². The summed E-state index contributed by atoms with van der Waals surface area (Å²) in [6.07, 6.45) is 0. The number of rotatable bonds is 0. The van der Waals surface area contributed by atoms with Gasteiger partial charge in [0.05, 0.1) is 5.39 Å². The van der Waals surface area contributed by atoms with Crippen LogP contribution in [0.15, 0.2) is 42.7 Å². The number of benzene rings is 1. The fourth-order valence-electron chi connectivity index (χ4n) is 1.75. The van der Waals surface area contributed by atoms with E-state index in [0.717, 1.165) is 0 Å². The van der Waals surface area contributed by atoms with Crippen LogP contribution >= 0.6 is 0 Å². The highest BCUT2D eigenvalue weighted by Crippen LogP contribution is 2.19. The van der Waals surface area contributed by atoms with Gasteiger partial charge in [-0.1, -0.05) is 0 Å². The topological polar surface area (TPSA) is 60.4 Å². The molecule has 4 heteroatoms. The molecule has 0 saturated heterocycles. The van der Waals surface area contributed by atoms with Crippen LogP contribution in [0.3, 0.4) is 0 Å². The molecule has 3 aromatic rings. The van der Waals surface area contributed by atoms with Crippen LogP contribution in [0.4, 0.5) is 0 Å². The van der Waals surface area contributed by atoms with Crippen LogP contribution in [0.5, 0.6) is 0 Å². The zero-order chi connectivity index (χ0) is 12.0. The van der Waals surface area contributed by atoms with Gasteiger partial charge < -0.3 is 8.83 Å². The molecule has 3 rings (SSSR count). The van der Waals surface area contributed by atoms with Gasteiger partial charge in [0, 0.05) is 29.7 Å². The smallest absolute Gasteiger partial charge is 0.336 e. The van der Waals surface area contributed by atoms with Crippen molar-refractivity contribution in [1.29, 1.82) is 0 Å². The summed E-state index contributed by atoms with van der Waals surface area (Å²) >= 11 is 0. The van der Waals surface area contributed by atoms with E-state index in [1.54, 1.807) is 13.0 Å². The largest absolute Gasteiger partial charge is 0.461 e. The van der Waals surface area contributed by atoms with E-state index in [9.17, 15) is 9.59 Å². The number of hydrogen-bond donors (Lipinski definition) is 0.